The zero-order valence-electron chi connectivity index (χ0n) is 15.0. The van der Waals surface area contributed by atoms with Crippen LogP contribution >= 0.6 is 0 Å². The van der Waals surface area contributed by atoms with E-state index in [0.29, 0.717) is 31.6 Å². The normalized spacial score (nSPS) is 28.3. The predicted octanol–water partition coefficient (Wildman–Crippen LogP) is 0.237. The molecule has 0 radical (unpaired) electrons. The predicted molar refractivity (Wildman–Crippen MR) is 95.5 cm³/mol. The van der Waals surface area contributed by atoms with Crippen molar-refractivity contribution in [1.82, 2.24) is 20.9 Å². The molecule has 1 aromatic rings. The van der Waals surface area contributed by atoms with Gasteiger partial charge in [0.05, 0.1) is 0 Å². The second kappa shape index (κ2) is 7.36. The quantitative estimate of drug-likeness (QED) is 0.657. The minimum absolute atomic E-state index is 0.166. The molecule has 0 bridgehead atoms. The Morgan fingerprint density at radius 1 is 1.22 bits per heavy atom. The lowest BCUT2D eigenvalue weighted by Gasteiger charge is -2.29. The lowest BCUT2D eigenvalue weighted by molar-refractivity contribution is -0.136. The van der Waals surface area contributed by atoms with Crippen molar-refractivity contribution in [3.05, 3.63) is 34.9 Å². The fourth-order valence-electron chi connectivity index (χ4n) is 4.04. The number of alkyl halides is 1. The van der Waals surface area contributed by atoms with Crippen molar-refractivity contribution in [1.29, 1.82) is 0 Å². The Kier molecular flexibility index (Phi) is 4.92. The Hall–Kier alpha value is -2.32. The van der Waals surface area contributed by atoms with E-state index >= 15 is 0 Å². The Morgan fingerprint density at radius 3 is 2.85 bits per heavy atom. The highest BCUT2D eigenvalue weighted by atomic mass is 19.1. The van der Waals surface area contributed by atoms with Crippen LogP contribution in [0.15, 0.2) is 18.2 Å². The molecule has 0 spiro atoms. The number of piperidine rings is 2. The molecule has 3 unspecified atom stereocenters. The van der Waals surface area contributed by atoms with E-state index < -0.39 is 18.1 Å². The summed E-state index contributed by atoms with van der Waals surface area (Å²) in [4.78, 5) is 37.6. The Morgan fingerprint density at radius 2 is 2.07 bits per heavy atom. The van der Waals surface area contributed by atoms with Gasteiger partial charge in [0.15, 0.2) is 0 Å². The number of benzene rings is 1. The minimum Gasteiger partial charge on any atom is -0.322 e. The molecule has 27 heavy (non-hydrogen) atoms. The van der Waals surface area contributed by atoms with Crippen LogP contribution in [0, 0.1) is 0 Å². The number of amides is 3. The topological polar surface area (TPSA) is 90.5 Å². The molecule has 3 N–H and O–H groups in total. The van der Waals surface area contributed by atoms with Crippen LogP contribution in [-0.2, 0) is 22.7 Å². The molecule has 144 valence electrons. The zero-order chi connectivity index (χ0) is 19.0. The van der Waals surface area contributed by atoms with Gasteiger partial charge in [0.2, 0.25) is 11.8 Å². The number of halogens is 1. The number of nitrogens with one attached hydrogen (secondary N) is 3. The number of hydrogen-bond acceptors (Lipinski definition) is 5. The molecule has 2 fully saturated rings. The average molecular weight is 374 g/mol. The molecule has 0 saturated carbocycles. The van der Waals surface area contributed by atoms with Gasteiger partial charge in [-0.05, 0) is 36.6 Å². The molecule has 0 aromatic heterocycles. The van der Waals surface area contributed by atoms with E-state index in [1.807, 2.05) is 12.1 Å². The van der Waals surface area contributed by atoms with Crippen LogP contribution in [0.5, 0.6) is 0 Å². The summed E-state index contributed by atoms with van der Waals surface area (Å²) in [7, 11) is 0. The van der Waals surface area contributed by atoms with Crippen LogP contribution in [0.1, 0.15) is 40.7 Å². The van der Waals surface area contributed by atoms with E-state index in [-0.39, 0.29) is 24.3 Å². The summed E-state index contributed by atoms with van der Waals surface area (Å²) in [5.41, 5.74) is 2.44. The highest BCUT2D eigenvalue weighted by Crippen LogP contribution is 2.28. The molecule has 3 atom stereocenters. The van der Waals surface area contributed by atoms with E-state index in [1.165, 1.54) is 4.90 Å². The van der Waals surface area contributed by atoms with Gasteiger partial charge in [-0.3, -0.25) is 19.7 Å². The van der Waals surface area contributed by atoms with Gasteiger partial charge in [-0.15, -0.1) is 0 Å². The first-order valence-corrected chi connectivity index (χ1v) is 9.37. The summed E-state index contributed by atoms with van der Waals surface area (Å²) in [5.74, 6) is -0.881. The molecule has 3 amide bonds. The maximum Gasteiger partial charge on any atom is 0.255 e. The third kappa shape index (κ3) is 3.59. The van der Waals surface area contributed by atoms with E-state index in [1.54, 1.807) is 6.07 Å². The van der Waals surface area contributed by atoms with Crippen molar-refractivity contribution in [3.8, 4) is 0 Å². The summed E-state index contributed by atoms with van der Waals surface area (Å²) < 4.78 is 13.9. The van der Waals surface area contributed by atoms with Crippen molar-refractivity contribution in [2.24, 2.45) is 0 Å². The molecule has 8 heteroatoms. The molecular formula is C19H23FN4O3. The fraction of sp³-hybridized carbons (Fsp3) is 0.526. The van der Waals surface area contributed by atoms with Crippen molar-refractivity contribution in [3.63, 3.8) is 0 Å². The van der Waals surface area contributed by atoms with E-state index in [9.17, 15) is 18.8 Å². The van der Waals surface area contributed by atoms with E-state index in [4.69, 9.17) is 0 Å². The standard InChI is InChI=1S/C19H23FN4O3/c20-14-9-21-6-5-15(14)22-8-11-1-2-13-12(7-11)10-24(19(13)27)16-3-4-17(25)23-18(16)26/h1-2,7,14-16,21-22H,3-6,8-10H2,(H,23,25,26). The third-order valence-electron chi connectivity index (χ3n) is 5.56. The molecule has 7 nitrogen and oxygen atoms in total. The fourth-order valence-corrected chi connectivity index (χ4v) is 4.04. The van der Waals surface area contributed by atoms with Gasteiger partial charge >= 0.3 is 0 Å². The number of imide groups is 1. The van der Waals surface area contributed by atoms with Crippen LogP contribution in [0.3, 0.4) is 0 Å². The number of carbonyl (C=O) groups excluding carboxylic acids is 3. The lowest BCUT2D eigenvalue weighted by atomic mass is 10.0. The minimum atomic E-state index is -0.905. The summed E-state index contributed by atoms with van der Waals surface area (Å²) in [5, 5.41) is 8.60. The molecular weight excluding hydrogens is 351 g/mol. The van der Waals surface area contributed by atoms with Crippen LogP contribution in [0.2, 0.25) is 0 Å². The summed E-state index contributed by atoms with van der Waals surface area (Å²) in [6, 6.07) is 4.81. The van der Waals surface area contributed by atoms with Gasteiger partial charge in [0.25, 0.3) is 5.91 Å². The van der Waals surface area contributed by atoms with Crippen molar-refractivity contribution >= 4 is 17.7 Å². The summed E-state index contributed by atoms with van der Waals surface area (Å²) in [6.45, 7) is 2.06. The second-order valence-corrected chi connectivity index (χ2v) is 7.39. The highest BCUT2D eigenvalue weighted by Gasteiger charge is 2.39. The average Bonchev–Trinajstić information content (AvgIpc) is 2.97. The van der Waals surface area contributed by atoms with Crippen molar-refractivity contribution < 1.29 is 18.8 Å². The first-order chi connectivity index (χ1) is 13.0. The number of carbonyl (C=O) groups is 3. The van der Waals surface area contributed by atoms with Gasteiger partial charge in [-0.1, -0.05) is 12.1 Å². The first kappa shape index (κ1) is 18.1. The molecule has 1 aromatic carbocycles. The zero-order valence-corrected chi connectivity index (χ0v) is 15.0. The molecule has 3 aliphatic rings. The smallest absolute Gasteiger partial charge is 0.255 e. The van der Waals surface area contributed by atoms with Gasteiger partial charge < -0.3 is 15.5 Å². The van der Waals surface area contributed by atoms with Gasteiger partial charge in [-0.25, -0.2) is 4.39 Å². The van der Waals surface area contributed by atoms with Crippen LogP contribution in [-0.4, -0.2) is 54.0 Å². The molecule has 3 aliphatic heterocycles. The summed E-state index contributed by atoms with van der Waals surface area (Å²) >= 11 is 0. The maximum atomic E-state index is 13.9. The Bertz CT molecular complexity index is 784. The van der Waals surface area contributed by atoms with Gasteiger partial charge in [-0.2, -0.15) is 0 Å². The number of fused-ring (bicyclic) bond motifs is 1. The number of hydrogen-bond donors (Lipinski definition) is 3. The second-order valence-electron chi connectivity index (χ2n) is 7.39. The van der Waals surface area contributed by atoms with Gasteiger partial charge in [0, 0.05) is 37.7 Å². The molecule has 0 aliphatic carbocycles. The van der Waals surface area contributed by atoms with Crippen molar-refractivity contribution in [2.45, 2.75) is 50.6 Å². The third-order valence-corrected chi connectivity index (χ3v) is 5.56. The largest absolute Gasteiger partial charge is 0.322 e. The number of rotatable bonds is 4. The first-order valence-electron chi connectivity index (χ1n) is 9.37. The number of nitrogens with zero attached hydrogens (tertiary/aromatic N) is 1. The van der Waals surface area contributed by atoms with Crippen LogP contribution in [0.25, 0.3) is 0 Å². The maximum absolute atomic E-state index is 13.9. The van der Waals surface area contributed by atoms with E-state index in [0.717, 1.165) is 24.1 Å². The Balaban J connectivity index is 1.43. The Labute approximate surface area is 156 Å². The monoisotopic (exact) mass is 374 g/mol. The summed E-state index contributed by atoms with van der Waals surface area (Å²) in [6.07, 6.45) is 0.435. The van der Waals surface area contributed by atoms with Crippen LogP contribution in [0.4, 0.5) is 4.39 Å². The lowest BCUT2D eigenvalue weighted by Crippen LogP contribution is -2.52. The van der Waals surface area contributed by atoms with Crippen LogP contribution < -0.4 is 16.0 Å². The SMILES string of the molecule is O=C1CCC(N2Cc3cc(CNC4CCNCC4F)ccc3C2=O)C(=O)N1. The van der Waals surface area contributed by atoms with Gasteiger partial charge in [0.1, 0.15) is 12.2 Å². The van der Waals surface area contributed by atoms with E-state index in [2.05, 4.69) is 16.0 Å². The molecule has 4 rings (SSSR count). The van der Waals surface area contributed by atoms with Crippen molar-refractivity contribution in [2.75, 3.05) is 13.1 Å². The molecule has 3 heterocycles. The highest BCUT2D eigenvalue weighted by molar-refractivity contribution is 6.05. The molecule has 2 saturated heterocycles.